The number of rotatable bonds is 15. The van der Waals surface area contributed by atoms with Gasteiger partial charge in [0.25, 0.3) is 10.0 Å². The van der Waals surface area contributed by atoms with E-state index in [0.29, 0.717) is 12.2 Å². The Morgan fingerprint density at radius 3 is 2.13 bits per heavy atom. The van der Waals surface area contributed by atoms with Gasteiger partial charge in [-0.2, -0.15) is 0 Å². The SMILES string of the molecule is CC[C@H](C)NC(=O)[C@@H](Cc1ccccc1)N(Cc1cccc(OC)c1)C(=O)CN(c1cc(C)ccc1OC)S(=O)(=O)c1ccccc1. The molecule has 0 unspecified atom stereocenters. The monoisotopic (exact) mass is 657 g/mol. The molecule has 2 atom stereocenters. The first-order chi connectivity index (χ1) is 22.6. The van der Waals surface area contributed by atoms with Crippen molar-refractivity contribution in [3.8, 4) is 11.5 Å². The smallest absolute Gasteiger partial charge is 0.264 e. The minimum atomic E-state index is -4.26. The predicted molar refractivity (Wildman–Crippen MR) is 184 cm³/mol. The molecule has 4 rings (SSSR count). The molecule has 4 aromatic carbocycles. The van der Waals surface area contributed by atoms with Gasteiger partial charge in [0.05, 0.1) is 24.8 Å². The van der Waals surface area contributed by atoms with Gasteiger partial charge in [0.1, 0.15) is 24.1 Å². The second-order valence-corrected chi connectivity index (χ2v) is 13.3. The largest absolute Gasteiger partial charge is 0.497 e. The molecule has 0 aliphatic heterocycles. The molecule has 0 saturated heterocycles. The number of carbonyl (C=O) groups is 2. The number of ether oxygens (including phenoxy) is 2. The lowest BCUT2D eigenvalue weighted by Gasteiger charge is -2.34. The summed E-state index contributed by atoms with van der Waals surface area (Å²) < 4.78 is 40.7. The van der Waals surface area contributed by atoms with Crippen molar-refractivity contribution >= 4 is 27.5 Å². The van der Waals surface area contributed by atoms with Crippen LogP contribution in [0.4, 0.5) is 5.69 Å². The molecule has 0 bridgehead atoms. The Labute approximate surface area is 278 Å². The average molecular weight is 658 g/mol. The first kappa shape index (κ1) is 35.0. The number of benzene rings is 4. The second-order valence-electron chi connectivity index (χ2n) is 11.4. The molecule has 2 amide bonds. The quantitative estimate of drug-likeness (QED) is 0.174. The minimum absolute atomic E-state index is 0.0195. The molecule has 9 nitrogen and oxygen atoms in total. The zero-order chi connectivity index (χ0) is 34.0. The summed E-state index contributed by atoms with van der Waals surface area (Å²) in [5, 5.41) is 3.05. The van der Waals surface area contributed by atoms with Crippen LogP contribution >= 0.6 is 0 Å². The molecule has 0 aromatic heterocycles. The summed E-state index contributed by atoms with van der Waals surface area (Å²) in [5.41, 5.74) is 2.58. The van der Waals surface area contributed by atoms with Crippen LogP contribution in [0.2, 0.25) is 0 Å². The Balaban J connectivity index is 1.86. The van der Waals surface area contributed by atoms with E-state index in [9.17, 15) is 18.0 Å². The molecule has 0 aliphatic carbocycles. The molecule has 0 saturated carbocycles. The van der Waals surface area contributed by atoms with E-state index in [2.05, 4.69) is 5.32 Å². The van der Waals surface area contributed by atoms with Crippen LogP contribution in [0.25, 0.3) is 0 Å². The van der Waals surface area contributed by atoms with Crippen molar-refractivity contribution < 1.29 is 27.5 Å². The van der Waals surface area contributed by atoms with Crippen molar-refractivity contribution in [1.82, 2.24) is 10.2 Å². The third kappa shape index (κ3) is 8.92. The summed E-state index contributed by atoms with van der Waals surface area (Å²) in [6.45, 7) is 5.17. The molecule has 0 heterocycles. The number of carbonyl (C=O) groups excluding carboxylic acids is 2. The number of sulfonamides is 1. The third-order valence-electron chi connectivity index (χ3n) is 7.97. The molecule has 248 valence electrons. The van der Waals surface area contributed by atoms with E-state index in [4.69, 9.17) is 9.47 Å². The summed E-state index contributed by atoms with van der Waals surface area (Å²) in [6, 6.07) is 28.7. The summed E-state index contributed by atoms with van der Waals surface area (Å²) in [7, 11) is -1.25. The van der Waals surface area contributed by atoms with Crippen LogP contribution in [0.5, 0.6) is 11.5 Å². The zero-order valence-electron chi connectivity index (χ0n) is 27.6. The van der Waals surface area contributed by atoms with Crippen molar-refractivity contribution in [2.24, 2.45) is 0 Å². The van der Waals surface area contributed by atoms with Gasteiger partial charge in [0.2, 0.25) is 11.8 Å². The number of nitrogens with zero attached hydrogens (tertiary/aromatic N) is 2. The standard InChI is InChI=1S/C37H43N3O6S/c1-6-28(3)38-37(42)34(24-29-14-9-7-10-15-29)39(25-30-16-13-17-31(23-30)45-4)36(41)26-40(33-22-27(2)20-21-35(33)46-5)47(43,44)32-18-11-8-12-19-32/h7-23,28,34H,6,24-26H2,1-5H3,(H,38,42)/t28-,34+/m0/s1. The number of aryl methyl sites for hydroxylation is 1. The van der Waals surface area contributed by atoms with E-state index in [1.165, 1.54) is 24.1 Å². The number of amides is 2. The van der Waals surface area contributed by atoms with Gasteiger partial charge in [-0.05, 0) is 73.4 Å². The van der Waals surface area contributed by atoms with Crippen molar-refractivity contribution in [2.75, 3.05) is 25.1 Å². The van der Waals surface area contributed by atoms with Crippen LogP contribution in [0.15, 0.2) is 108 Å². The van der Waals surface area contributed by atoms with E-state index in [-0.39, 0.29) is 41.2 Å². The lowest BCUT2D eigenvalue weighted by atomic mass is 10.0. The fourth-order valence-corrected chi connectivity index (χ4v) is 6.63. The van der Waals surface area contributed by atoms with Crippen LogP contribution in [-0.2, 0) is 32.6 Å². The number of methoxy groups -OCH3 is 2. The molecule has 1 N–H and O–H groups in total. The van der Waals surface area contributed by atoms with Gasteiger partial charge in [-0.25, -0.2) is 8.42 Å². The highest BCUT2D eigenvalue weighted by Crippen LogP contribution is 2.34. The fourth-order valence-electron chi connectivity index (χ4n) is 5.19. The van der Waals surface area contributed by atoms with Gasteiger partial charge >= 0.3 is 0 Å². The van der Waals surface area contributed by atoms with Crippen LogP contribution in [0.1, 0.15) is 37.0 Å². The van der Waals surface area contributed by atoms with E-state index in [1.54, 1.807) is 49.6 Å². The van der Waals surface area contributed by atoms with Crippen LogP contribution in [0.3, 0.4) is 0 Å². The highest BCUT2D eigenvalue weighted by Gasteiger charge is 2.36. The maximum absolute atomic E-state index is 14.7. The van der Waals surface area contributed by atoms with E-state index >= 15 is 0 Å². The molecule has 0 radical (unpaired) electrons. The average Bonchev–Trinajstić information content (AvgIpc) is 3.09. The van der Waals surface area contributed by atoms with Crippen molar-refractivity contribution in [3.63, 3.8) is 0 Å². The van der Waals surface area contributed by atoms with Gasteiger partial charge in [-0.3, -0.25) is 13.9 Å². The Kier molecular flexibility index (Phi) is 12.0. The Morgan fingerprint density at radius 1 is 0.830 bits per heavy atom. The Bertz CT molecular complexity index is 1750. The summed E-state index contributed by atoms with van der Waals surface area (Å²) in [6.07, 6.45) is 0.919. The van der Waals surface area contributed by atoms with E-state index < -0.39 is 28.5 Å². The number of hydrogen-bond donors (Lipinski definition) is 1. The molecular formula is C37H43N3O6S. The lowest BCUT2D eigenvalue weighted by molar-refractivity contribution is -0.140. The lowest BCUT2D eigenvalue weighted by Crippen LogP contribution is -2.54. The Hall–Kier alpha value is -4.83. The predicted octanol–water partition coefficient (Wildman–Crippen LogP) is 5.76. The molecule has 4 aromatic rings. The van der Waals surface area contributed by atoms with Crippen molar-refractivity contribution in [3.05, 3.63) is 120 Å². The molecule has 0 fully saturated rings. The number of hydrogen-bond acceptors (Lipinski definition) is 6. The van der Waals surface area contributed by atoms with Gasteiger partial charge < -0.3 is 19.7 Å². The van der Waals surface area contributed by atoms with E-state index in [1.807, 2.05) is 69.3 Å². The van der Waals surface area contributed by atoms with Crippen LogP contribution in [-0.4, -0.2) is 58.0 Å². The Morgan fingerprint density at radius 2 is 1.49 bits per heavy atom. The summed E-state index contributed by atoms with van der Waals surface area (Å²) in [4.78, 5) is 30.2. The highest BCUT2D eigenvalue weighted by molar-refractivity contribution is 7.92. The second kappa shape index (κ2) is 16.1. The fraction of sp³-hybridized carbons (Fsp3) is 0.297. The maximum Gasteiger partial charge on any atom is 0.264 e. The first-order valence-electron chi connectivity index (χ1n) is 15.6. The van der Waals surface area contributed by atoms with Crippen LogP contribution in [0, 0.1) is 6.92 Å². The normalized spacial score (nSPS) is 12.4. The third-order valence-corrected chi connectivity index (χ3v) is 9.75. The molecular weight excluding hydrogens is 614 g/mol. The number of anilines is 1. The van der Waals surface area contributed by atoms with E-state index in [0.717, 1.165) is 21.0 Å². The molecule has 0 aliphatic rings. The summed E-state index contributed by atoms with van der Waals surface area (Å²) >= 11 is 0. The topological polar surface area (TPSA) is 105 Å². The first-order valence-corrected chi connectivity index (χ1v) is 17.0. The van der Waals surface area contributed by atoms with Crippen molar-refractivity contribution in [1.29, 1.82) is 0 Å². The zero-order valence-corrected chi connectivity index (χ0v) is 28.4. The highest BCUT2D eigenvalue weighted by atomic mass is 32.2. The molecule has 0 spiro atoms. The van der Waals surface area contributed by atoms with Gasteiger partial charge in [-0.1, -0.05) is 73.7 Å². The molecule has 10 heteroatoms. The summed E-state index contributed by atoms with van der Waals surface area (Å²) in [5.74, 6) is -0.00452. The number of nitrogens with one attached hydrogen (secondary N) is 1. The van der Waals surface area contributed by atoms with Gasteiger partial charge in [0, 0.05) is 19.0 Å². The molecule has 47 heavy (non-hydrogen) atoms. The van der Waals surface area contributed by atoms with Crippen LogP contribution < -0.4 is 19.1 Å². The van der Waals surface area contributed by atoms with Crippen molar-refractivity contribution in [2.45, 2.75) is 57.1 Å². The minimum Gasteiger partial charge on any atom is -0.497 e. The maximum atomic E-state index is 14.7. The van der Waals surface area contributed by atoms with Gasteiger partial charge in [-0.15, -0.1) is 0 Å². The van der Waals surface area contributed by atoms with Gasteiger partial charge in [0.15, 0.2) is 0 Å².